The van der Waals surface area contributed by atoms with Crippen LogP contribution in [0.1, 0.15) is 44.6 Å². The average Bonchev–Trinajstić information content (AvgIpc) is 3.11. The molecule has 24 heavy (non-hydrogen) atoms. The van der Waals surface area contributed by atoms with Crippen molar-refractivity contribution in [2.75, 3.05) is 27.8 Å². The van der Waals surface area contributed by atoms with Crippen molar-refractivity contribution in [1.29, 1.82) is 0 Å². The van der Waals surface area contributed by atoms with Gasteiger partial charge in [-0.3, -0.25) is 4.99 Å². The van der Waals surface area contributed by atoms with E-state index >= 15 is 0 Å². The highest BCUT2D eigenvalue weighted by Crippen LogP contribution is 2.40. The Kier molecular flexibility index (Phi) is 6.76. The summed E-state index contributed by atoms with van der Waals surface area (Å²) in [6.07, 6.45) is 6.58. The Morgan fingerprint density at radius 2 is 1.83 bits per heavy atom. The lowest BCUT2D eigenvalue weighted by Crippen LogP contribution is -2.42. The molecule has 0 amide bonds. The summed E-state index contributed by atoms with van der Waals surface area (Å²) in [6, 6.07) is 5.95. The number of nitrogens with one attached hydrogen (secondary N) is 2. The topological polar surface area (TPSA) is 54.9 Å². The Balaban J connectivity index is 1.89. The molecule has 0 atom stereocenters. The van der Waals surface area contributed by atoms with Crippen LogP contribution >= 0.6 is 0 Å². The molecule has 1 saturated carbocycles. The van der Waals surface area contributed by atoms with Crippen LogP contribution in [0, 0.1) is 5.41 Å². The molecule has 0 aliphatic heterocycles. The quantitative estimate of drug-likeness (QED) is 0.593. The van der Waals surface area contributed by atoms with Crippen LogP contribution in [0.25, 0.3) is 0 Å². The highest BCUT2D eigenvalue weighted by Gasteiger charge is 2.31. The van der Waals surface area contributed by atoms with Crippen molar-refractivity contribution in [1.82, 2.24) is 10.6 Å². The van der Waals surface area contributed by atoms with Gasteiger partial charge in [0.25, 0.3) is 0 Å². The van der Waals surface area contributed by atoms with Crippen LogP contribution in [-0.4, -0.2) is 33.8 Å². The Hall–Kier alpha value is -1.91. The number of benzene rings is 1. The van der Waals surface area contributed by atoms with Crippen molar-refractivity contribution in [3.63, 3.8) is 0 Å². The first-order valence-electron chi connectivity index (χ1n) is 8.82. The third kappa shape index (κ3) is 4.56. The Labute approximate surface area is 145 Å². The van der Waals surface area contributed by atoms with Gasteiger partial charge in [-0.1, -0.05) is 25.8 Å². The third-order valence-corrected chi connectivity index (χ3v) is 5.18. The van der Waals surface area contributed by atoms with Crippen molar-refractivity contribution < 1.29 is 9.47 Å². The number of hydrogen-bond acceptors (Lipinski definition) is 3. The molecule has 1 aromatic carbocycles. The molecule has 1 aromatic rings. The summed E-state index contributed by atoms with van der Waals surface area (Å²) in [4.78, 5) is 4.34. The second-order valence-corrected chi connectivity index (χ2v) is 6.53. The lowest BCUT2D eigenvalue weighted by Gasteiger charge is -2.28. The fourth-order valence-corrected chi connectivity index (χ4v) is 3.45. The summed E-state index contributed by atoms with van der Waals surface area (Å²) in [5.41, 5.74) is 1.57. The van der Waals surface area contributed by atoms with Crippen LogP contribution in [0.2, 0.25) is 0 Å². The van der Waals surface area contributed by atoms with Crippen molar-refractivity contribution >= 4 is 5.96 Å². The molecule has 0 radical (unpaired) electrons. The summed E-state index contributed by atoms with van der Waals surface area (Å²) in [7, 11) is 5.12. The molecule has 0 heterocycles. The number of hydrogen-bond donors (Lipinski definition) is 2. The van der Waals surface area contributed by atoms with E-state index in [4.69, 9.17) is 9.47 Å². The monoisotopic (exact) mass is 333 g/mol. The number of nitrogens with zero attached hydrogens (tertiary/aromatic N) is 1. The van der Waals surface area contributed by atoms with Gasteiger partial charge in [0.1, 0.15) is 0 Å². The zero-order chi connectivity index (χ0) is 17.4. The standard InChI is InChI=1S/C19H31N3O2/c1-5-19(10-6-7-11-19)14-22-18(20-2)21-13-15-8-9-16(23-3)17(12-15)24-4/h8-9,12H,5-7,10-11,13-14H2,1-4H3,(H2,20,21,22). The molecule has 1 aliphatic carbocycles. The molecular formula is C19H31N3O2. The summed E-state index contributed by atoms with van der Waals surface area (Å²) >= 11 is 0. The molecule has 2 rings (SSSR count). The fraction of sp³-hybridized carbons (Fsp3) is 0.632. The maximum absolute atomic E-state index is 5.35. The fourth-order valence-electron chi connectivity index (χ4n) is 3.45. The number of methoxy groups -OCH3 is 2. The minimum Gasteiger partial charge on any atom is -0.493 e. The van der Waals surface area contributed by atoms with Crippen LogP contribution in [0.3, 0.4) is 0 Å². The van der Waals surface area contributed by atoms with E-state index in [0.717, 1.165) is 29.6 Å². The maximum Gasteiger partial charge on any atom is 0.191 e. The number of guanidine groups is 1. The van der Waals surface area contributed by atoms with Gasteiger partial charge < -0.3 is 20.1 Å². The van der Waals surface area contributed by atoms with Crippen LogP contribution in [0.5, 0.6) is 11.5 Å². The Morgan fingerprint density at radius 1 is 1.12 bits per heavy atom. The van der Waals surface area contributed by atoms with Crippen LogP contribution in [0.4, 0.5) is 0 Å². The van der Waals surface area contributed by atoms with Crippen LogP contribution in [0.15, 0.2) is 23.2 Å². The highest BCUT2D eigenvalue weighted by molar-refractivity contribution is 5.79. The average molecular weight is 333 g/mol. The van der Waals surface area contributed by atoms with Crippen molar-refractivity contribution in [3.8, 4) is 11.5 Å². The number of ether oxygens (including phenoxy) is 2. The van der Waals surface area contributed by atoms with Crippen molar-refractivity contribution in [3.05, 3.63) is 23.8 Å². The molecule has 2 N–H and O–H groups in total. The number of aliphatic imine (C=N–C) groups is 1. The van der Waals surface area contributed by atoms with E-state index in [9.17, 15) is 0 Å². The summed E-state index contributed by atoms with van der Waals surface area (Å²) in [6.45, 7) is 3.99. The first kappa shape index (κ1) is 18.4. The SMILES string of the molecule is CCC1(CNC(=NC)NCc2ccc(OC)c(OC)c2)CCCC1. The van der Waals surface area contributed by atoms with Gasteiger partial charge in [-0.05, 0) is 42.4 Å². The first-order valence-corrected chi connectivity index (χ1v) is 8.82. The van der Waals surface area contributed by atoms with E-state index in [2.05, 4.69) is 22.5 Å². The van der Waals surface area contributed by atoms with E-state index < -0.39 is 0 Å². The van der Waals surface area contributed by atoms with Gasteiger partial charge in [-0.15, -0.1) is 0 Å². The molecule has 0 unspecified atom stereocenters. The molecular weight excluding hydrogens is 302 g/mol. The van der Waals surface area contributed by atoms with E-state index in [-0.39, 0.29) is 0 Å². The second-order valence-electron chi connectivity index (χ2n) is 6.53. The molecule has 5 nitrogen and oxygen atoms in total. The third-order valence-electron chi connectivity index (χ3n) is 5.18. The zero-order valence-corrected chi connectivity index (χ0v) is 15.4. The van der Waals surface area contributed by atoms with E-state index in [0.29, 0.717) is 12.0 Å². The molecule has 0 saturated heterocycles. The van der Waals surface area contributed by atoms with Gasteiger partial charge in [-0.25, -0.2) is 0 Å². The molecule has 0 spiro atoms. The van der Waals surface area contributed by atoms with Crippen LogP contribution < -0.4 is 20.1 Å². The van der Waals surface area contributed by atoms with E-state index in [1.807, 2.05) is 25.2 Å². The molecule has 0 bridgehead atoms. The van der Waals surface area contributed by atoms with Crippen LogP contribution in [-0.2, 0) is 6.54 Å². The zero-order valence-electron chi connectivity index (χ0n) is 15.4. The molecule has 0 aromatic heterocycles. The lowest BCUT2D eigenvalue weighted by atomic mass is 9.83. The Morgan fingerprint density at radius 3 is 2.42 bits per heavy atom. The predicted molar refractivity (Wildman–Crippen MR) is 98.9 cm³/mol. The van der Waals surface area contributed by atoms with Gasteiger partial charge >= 0.3 is 0 Å². The Bertz CT molecular complexity index is 552. The smallest absolute Gasteiger partial charge is 0.191 e. The summed E-state index contributed by atoms with van der Waals surface area (Å²) in [5.74, 6) is 2.34. The molecule has 5 heteroatoms. The summed E-state index contributed by atoms with van der Waals surface area (Å²) < 4.78 is 10.6. The van der Waals surface area contributed by atoms with E-state index in [1.165, 1.54) is 32.1 Å². The van der Waals surface area contributed by atoms with Gasteiger partial charge in [0.15, 0.2) is 17.5 Å². The normalized spacial score (nSPS) is 16.8. The number of rotatable bonds is 7. The lowest BCUT2D eigenvalue weighted by molar-refractivity contribution is 0.283. The van der Waals surface area contributed by atoms with Crippen molar-refractivity contribution in [2.24, 2.45) is 10.4 Å². The maximum atomic E-state index is 5.35. The van der Waals surface area contributed by atoms with Gasteiger partial charge in [0, 0.05) is 20.1 Å². The second kappa shape index (κ2) is 8.81. The summed E-state index contributed by atoms with van der Waals surface area (Å²) in [5, 5.41) is 6.89. The highest BCUT2D eigenvalue weighted by atomic mass is 16.5. The van der Waals surface area contributed by atoms with Crippen molar-refractivity contribution in [2.45, 2.75) is 45.6 Å². The minimum absolute atomic E-state index is 0.445. The molecule has 1 aliphatic rings. The predicted octanol–water partition coefficient (Wildman–Crippen LogP) is 3.34. The first-order chi connectivity index (χ1) is 11.7. The van der Waals surface area contributed by atoms with Gasteiger partial charge in [-0.2, -0.15) is 0 Å². The largest absolute Gasteiger partial charge is 0.493 e. The van der Waals surface area contributed by atoms with E-state index in [1.54, 1.807) is 14.2 Å². The molecule has 1 fully saturated rings. The van der Waals surface area contributed by atoms with Gasteiger partial charge in [0.2, 0.25) is 0 Å². The van der Waals surface area contributed by atoms with Gasteiger partial charge in [0.05, 0.1) is 14.2 Å². The molecule has 134 valence electrons. The minimum atomic E-state index is 0.445.